The minimum atomic E-state index is -0.523. The highest BCUT2D eigenvalue weighted by molar-refractivity contribution is 6.30. The molecule has 4 nitrogen and oxygen atoms in total. The van der Waals surface area contributed by atoms with Crippen molar-refractivity contribution in [3.05, 3.63) is 69.9 Å². The van der Waals surface area contributed by atoms with Gasteiger partial charge in [0.15, 0.2) is 0 Å². The maximum Gasteiger partial charge on any atom is 0.270 e. The molecule has 0 bridgehead atoms. The zero-order valence-electron chi connectivity index (χ0n) is 14.1. The summed E-state index contributed by atoms with van der Waals surface area (Å²) < 4.78 is 32.1. The lowest BCUT2D eigenvalue weighted by molar-refractivity contribution is 0.0946. The summed E-state index contributed by atoms with van der Waals surface area (Å²) in [5.74, 6) is -1.01. The van der Waals surface area contributed by atoms with Gasteiger partial charge in [-0.3, -0.25) is 4.79 Å². The molecule has 0 fully saturated rings. The molecule has 0 unspecified atom stereocenters. The van der Waals surface area contributed by atoms with E-state index in [4.69, 9.17) is 16.3 Å². The van der Waals surface area contributed by atoms with E-state index >= 15 is 0 Å². The van der Waals surface area contributed by atoms with Crippen LogP contribution in [0, 0.1) is 18.6 Å². The maximum atomic E-state index is 13.6. The van der Waals surface area contributed by atoms with Crippen molar-refractivity contribution in [2.75, 3.05) is 7.11 Å². The third-order valence-electron chi connectivity index (χ3n) is 3.92. The molecule has 26 heavy (non-hydrogen) atoms. The molecule has 1 heterocycles. The van der Waals surface area contributed by atoms with E-state index in [1.165, 1.54) is 43.5 Å². The molecular weight excluding hydrogens is 362 g/mol. The Morgan fingerprint density at radius 2 is 2.00 bits per heavy atom. The van der Waals surface area contributed by atoms with Crippen molar-refractivity contribution in [2.45, 2.75) is 13.5 Å². The number of halogens is 3. The Bertz CT molecular complexity index is 1010. The van der Waals surface area contributed by atoms with Crippen LogP contribution in [0.2, 0.25) is 5.02 Å². The maximum absolute atomic E-state index is 13.6. The molecule has 0 aliphatic carbocycles. The van der Waals surface area contributed by atoms with Crippen LogP contribution >= 0.6 is 11.6 Å². The van der Waals surface area contributed by atoms with Crippen LogP contribution < -0.4 is 10.1 Å². The summed E-state index contributed by atoms with van der Waals surface area (Å²) in [6, 6.07) is 8.32. The van der Waals surface area contributed by atoms with E-state index in [9.17, 15) is 13.6 Å². The van der Waals surface area contributed by atoms with Crippen molar-refractivity contribution >= 4 is 28.4 Å². The first-order valence-corrected chi connectivity index (χ1v) is 8.14. The summed E-state index contributed by atoms with van der Waals surface area (Å²) in [7, 11) is 1.44. The fourth-order valence-electron chi connectivity index (χ4n) is 2.63. The number of methoxy groups -OCH3 is 1. The number of pyridine rings is 1. The van der Waals surface area contributed by atoms with E-state index in [1.54, 1.807) is 6.92 Å². The third-order valence-corrected chi connectivity index (χ3v) is 4.21. The zero-order chi connectivity index (χ0) is 18.8. The Labute approximate surface area is 153 Å². The third kappa shape index (κ3) is 3.60. The number of amides is 1. The Morgan fingerprint density at radius 3 is 2.69 bits per heavy atom. The van der Waals surface area contributed by atoms with Crippen LogP contribution in [0.25, 0.3) is 10.9 Å². The number of fused-ring (bicyclic) bond motifs is 1. The second-order valence-electron chi connectivity index (χ2n) is 5.76. The van der Waals surface area contributed by atoms with Crippen LogP contribution in [-0.2, 0) is 6.54 Å². The average molecular weight is 377 g/mol. The highest BCUT2D eigenvalue weighted by Crippen LogP contribution is 2.28. The second-order valence-corrected chi connectivity index (χ2v) is 6.17. The molecule has 0 atom stereocenters. The van der Waals surface area contributed by atoms with E-state index in [0.29, 0.717) is 27.8 Å². The molecular formula is C19H15ClF2N2O2. The van der Waals surface area contributed by atoms with E-state index in [1.807, 2.05) is 0 Å². The Morgan fingerprint density at radius 1 is 1.23 bits per heavy atom. The normalized spacial score (nSPS) is 10.8. The van der Waals surface area contributed by atoms with Gasteiger partial charge in [-0.25, -0.2) is 13.8 Å². The van der Waals surface area contributed by atoms with Crippen LogP contribution in [0.4, 0.5) is 8.78 Å². The summed E-state index contributed by atoms with van der Waals surface area (Å²) >= 11 is 5.73. The quantitative estimate of drug-likeness (QED) is 0.733. The van der Waals surface area contributed by atoms with Gasteiger partial charge in [0.1, 0.15) is 23.1 Å². The number of ether oxygens (including phenoxy) is 1. The number of aromatic nitrogens is 1. The number of carbonyl (C=O) groups is 1. The Balaban J connectivity index is 1.89. The fourth-order valence-corrected chi connectivity index (χ4v) is 2.84. The van der Waals surface area contributed by atoms with Crippen molar-refractivity contribution in [1.29, 1.82) is 0 Å². The minimum absolute atomic E-state index is 0.0140. The first-order valence-electron chi connectivity index (χ1n) is 7.76. The largest absolute Gasteiger partial charge is 0.496 e. The average Bonchev–Trinajstić information content (AvgIpc) is 2.61. The zero-order valence-corrected chi connectivity index (χ0v) is 14.8. The van der Waals surface area contributed by atoms with Gasteiger partial charge in [0.05, 0.1) is 17.6 Å². The monoisotopic (exact) mass is 376 g/mol. The summed E-state index contributed by atoms with van der Waals surface area (Å²) in [5.41, 5.74) is 1.87. The number of hydrogen-bond donors (Lipinski definition) is 1. The Kier molecular flexibility index (Phi) is 5.04. The fraction of sp³-hybridized carbons (Fsp3) is 0.158. The van der Waals surface area contributed by atoms with Crippen LogP contribution in [0.5, 0.6) is 5.75 Å². The van der Waals surface area contributed by atoms with Crippen LogP contribution in [0.3, 0.4) is 0 Å². The topological polar surface area (TPSA) is 51.2 Å². The SMILES string of the molecule is COc1cc(C(=O)NCc2ccc(F)c(Cl)c2)nc2c(C)cc(F)cc12. The molecule has 1 aromatic heterocycles. The van der Waals surface area contributed by atoms with Gasteiger partial charge in [-0.1, -0.05) is 17.7 Å². The standard InChI is InChI=1S/C19H15ClF2N2O2/c1-10-5-12(21)7-13-17(26-2)8-16(24-18(10)13)19(25)23-9-11-3-4-15(22)14(20)6-11/h3-8H,9H2,1-2H3,(H,23,25). The number of nitrogens with one attached hydrogen (secondary N) is 1. The molecule has 0 radical (unpaired) electrons. The molecule has 1 amide bonds. The van der Waals surface area contributed by atoms with Gasteiger partial charge in [-0.2, -0.15) is 0 Å². The second kappa shape index (κ2) is 7.25. The molecule has 1 N–H and O–H groups in total. The van der Waals surface area contributed by atoms with Gasteiger partial charge < -0.3 is 10.1 Å². The van der Waals surface area contributed by atoms with Crippen molar-refractivity contribution in [3.63, 3.8) is 0 Å². The lowest BCUT2D eigenvalue weighted by Gasteiger charge is -2.11. The molecule has 7 heteroatoms. The van der Waals surface area contributed by atoms with Crippen LogP contribution in [0.15, 0.2) is 36.4 Å². The summed E-state index contributed by atoms with van der Waals surface area (Å²) in [4.78, 5) is 16.8. The number of carbonyl (C=O) groups excluding carboxylic acids is 1. The molecule has 0 saturated heterocycles. The number of benzene rings is 2. The Hall–Kier alpha value is -2.73. The van der Waals surface area contributed by atoms with Crippen LogP contribution in [-0.4, -0.2) is 18.0 Å². The van der Waals surface area contributed by atoms with E-state index < -0.39 is 17.5 Å². The van der Waals surface area contributed by atoms with Crippen molar-refractivity contribution in [1.82, 2.24) is 10.3 Å². The lowest BCUT2D eigenvalue weighted by atomic mass is 10.1. The van der Waals surface area contributed by atoms with Gasteiger partial charge >= 0.3 is 0 Å². The number of aryl methyl sites for hydroxylation is 1. The minimum Gasteiger partial charge on any atom is -0.496 e. The van der Waals surface area contributed by atoms with Gasteiger partial charge in [0.25, 0.3) is 5.91 Å². The van der Waals surface area contributed by atoms with Crippen molar-refractivity contribution in [3.8, 4) is 5.75 Å². The van der Waals surface area contributed by atoms with Crippen molar-refractivity contribution in [2.24, 2.45) is 0 Å². The van der Waals surface area contributed by atoms with E-state index in [-0.39, 0.29) is 17.3 Å². The summed E-state index contributed by atoms with van der Waals surface area (Å²) in [6.07, 6.45) is 0. The summed E-state index contributed by atoms with van der Waals surface area (Å²) in [6.45, 7) is 1.86. The molecule has 0 aliphatic heterocycles. The van der Waals surface area contributed by atoms with E-state index in [2.05, 4.69) is 10.3 Å². The number of rotatable bonds is 4. The molecule has 3 aromatic rings. The van der Waals surface area contributed by atoms with Gasteiger partial charge in [0.2, 0.25) is 0 Å². The van der Waals surface area contributed by atoms with Crippen LogP contribution in [0.1, 0.15) is 21.6 Å². The van der Waals surface area contributed by atoms with E-state index in [0.717, 1.165) is 0 Å². The smallest absolute Gasteiger partial charge is 0.270 e. The highest BCUT2D eigenvalue weighted by atomic mass is 35.5. The van der Waals surface area contributed by atoms with Gasteiger partial charge in [-0.05, 0) is 42.3 Å². The predicted molar refractivity (Wildman–Crippen MR) is 95.6 cm³/mol. The number of hydrogen-bond acceptors (Lipinski definition) is 3. The van der Waals surface area contributed by atoms with Crippen molar-refractivity contribution < 1.29 is 18.3 Å². The highest BCUT2D eigenvalue weighted by Gasteiger charge is 2.15. The molecule has 2 aromatic carbocycles. The summed E-state index contributed by atoms with van der Waals surface area (Å²) in [5, 5.41) is 3.18. The molecule has 0 spiro atoms. The predicted octanol–water partition coefficient (Wildman–Crippen LogP) is 4.41. The molecule has 0 aliphatic rings. The number of nitrogens with zero attached hydrogens (tertiary/aromatic N) is 1. The lowest BCUT2D eigenvalue weighted by Crippen LogP contribution is -2.24. The molecule has 3 rings (SSSR count). The molecule has 134 valence electrons. The first kappa shape index (κ1) is 18.1. The molecule has 0 saturated carbocycles. The van der Waals surface area contributed by atoms with Gasteiger partial charge in [-0.15, -0.1) is 0 Å². The van der Waals surface area contributed by atoms with Gasteiger partial charge in [0, 0.05) is 18.0 Å². The first-order chi connectivity index (χ1) is 12.4.